The highest BCUT2D eigenvalue weighted by Crippen LogP contribution is 2.18. The van der Waals surface area contributed by atoms with Gasteiger partial charge in [0.15, 0.2) is 0 Å². The van der Waals surface area contributed by atoms with E-state index in [-0.39, 0.29) is 23.9 Å². The molecule has 1 heterocycles. The fourth-order valence-electron chi connectivity index (χ4n) is 2.78. The number of rotatable bonds is 4. The Morgan fingerprint density at radius 2 is 2.05 bits per heavy atom. The van der Waals surface area contributed by atoms with E-state index in [0.29, 0.717) is 6.54 Å². The van der Waals surface area contributed by atoms with Crippen LogP contribution in [0.2, 0.25) is 0 Å². The zero-order valence-electron chi connectivity index (χ0n) is 12.4. The smallest absolute Gasteiger partial charge is 0.243 e. The molecular formula is C16H21BrN2O2. The Morgan fingerprint density at radius 1 is 1.38 bits per heavy atom. The molecule has 2 rings (SSSR count). The standard InChI is InChI=1S/C16H21BrN2O2/c1-11(10-13-5-7-14(17)8-6-13)18-16(21)15-4-3-9-19(15)12(2)20/h5-8,11,15H,3-4,9-10H2,1-2H3,(H,18,21)/t11-,15+/m0/s1. The average molecular weight is 353 g/mol. The molecule has 0 saturated carbocycles. The molecule has 1 aromatic rings. The third-order valence-corrected chi connectivity index (χ3v) is 4.33. The molecule has 0 aromatic heterocycles. The van der Waals surface area contributed by atoms with Gasteiger partial charge >= 0.3 is 0 Å². The maximum Gasteiger partial charge on any atom is 0.243 e. The van der Waals surface area contributed by atoms with Gasteiger partial charge in [-0.1, -0.05) is 28.1 Å². The molecule has 1 saturated heterocycles. The Balaban J connectivity index is 1.90. The van der Waals surface area contributed by atoms with Gasteiger partial charge < -0.3 is 10.2 Å². The van der Waals surface area contributed by atoms with Gasteiger partial charge in [0.1, 0.15) is 6.04 Å². The molecule has 0 aliphatic carbocycles. The topological polar surface area (TPSA) is 49.4 Å². The van der Waals surface area contributed by atoms with Crippen LogP contribution in [-0.2, 0) is 16.0 Å². The number of amides is 2. The molecule has 0 radical (unpaired) electrons. The maximum atomic E-state index is 12.3. The van der Waals surface area contributed by atoms with Crippen LogP contribution < -0.4 is 5.32 Å². The zero-order chi connectivity index (χ0) is 15.4. The normalized spacial score (nSPS) is 19.4. The van der Waals surface area contributed by atoms with Crippen molar-refractivity contribution in [2.75, 3.05) is 6.54 Å². The van der Waals surface area contributed by atoms with E-state index >= 15 is 0 Å². The van der Waals surface area contributed by atoms with Crippen molar-refractivity contribution in [1.82, 2.24) is 10.2 Å². The first-order chi connectivity index (χ1) is 9.97. The molecule has 1 aliphatic rings. The van der Waals surface area contributed by atoms with Crippen LogP contribution in [0, 0.1) is 0 Å². The highest BCUT2D eigenvalue weighted by Gasteiger charge is 2.32. The summed E-state index contributed by atoms with van der Waals surface area (Å²) in [6, 6.07) is 7.84. The van der Waals surface area contributed by atoms with E-state index in [9.17, 15) is 9.59 Å². The van der Waals surface area contributed by atoms with Crippen LogP contribution in [0.4, 0.5) is 0 Å². The van der Waals surface area contributed by atoms with Crippen molar-refractivity contribution in [3.63, 3.8) is 0 Å². The van der Waals surface area contributed by atoms with Crippen LogP contribution in [0.1, 0.15) is 32.3 Å². The van der Waals surface area contributed by atoms with Crippen molar-refractivity contribution in [2.45, 2.75) is 45.2 Å². The Kier molecular flexibility index (Phi) is 5.39. The summed E-state index contributed by atoms with van der Waals surface area (Å²) in [6.45, 7) is 4.21. The van der Waals surface area contributed by atoms with Crippen LogP contribution in [0.5, 0.6) is 0 Å². The first-order valence-corrected chi connectivity index (χ1v) is 8.08. The predicted molar refractivity (Wildman–Crippen MR) is 85.9 cm³/mol. The Morgan fingerprint density at radius 3 is 2.67 bits per heavy atom. The summed E-state index contributed by atoms with van der Waals surface area (Å²) >= 11 is 3.41. The van der Waals surface area contributed by atoms with Crippen molar-refractivity contribution in [1.29, 1.82) is 0 Å². The van der Waals surface area contributed by atoms with Gasteiger partial charge in [0.25, 0.3) is 0 Å². The zero-order valence-corrected chi connectivity index (χ0v) is 14.0. The lowest BCUT2D eigenvalue weighted by atomic mass is 10.1. The molecule has 2 amide bonds. The minimum Gasteiger partial charge on any atom is -0.352 e. The molecule has 1 aliphatic heterocycles. The first kappa shape index (κ1) is 16.0. The van der Waals surface area contributed by atoms with Crippen molar-refractivity contribution in [3.8, 4) is 0 Å². The number of carbonyl (C=O) groups is 2. The minimum absolute atomic E-state index is 0.0202. The van der Waals surface area contributed by atoms with Crippen LogP contribution in [0.15, 0.2) is 28.7 Å². The van der Waals surface area contributed by atoms with E-state index in [4.69, 9.17) is 0 Å². The van der Waals surface area contributed by atoms with E-state index in [1.807, 2.05) is 31.2 Å². The number of benzene rings is 1. The van der Waals surface area contributed by atoms with Crippen molar-refractivity contribution in [2.24, 2.45) is 0 Å². The summed E-state index contributed by atoms with van der Waals surface area (Å²) in [5.74, 6) is -0.0551. The number of hydrogen-bond acceptors (Lipinski definition) is 2. The Hall–Kier alpha value is -1.36. The van der Waals surface area contributed by atoms with E-state index in [1.54, 1.807) is 4.90 Å². The van der Waals surface area contributed by atoms with Crippen molar-refractivity contribution in [3.05, 3.63) is 34.3 Å². The van der Waals surface area contributed by atoms with E-state index in [0.717, 1.165) is 23.7 Å². The number of nitrogens with zero attached hydrogens (tertiary/aromatic N) is 1. The molecule has 114 valence electrons. The second-order valence-electron chi connectivity index (χ2n) is 5.61. The van der Waals surface area contributed by atoms with Gasteiger partial charge in [-0.3, -0.25) is 9.59 Å². The summed E-state index contributed by atoms with van der Waals surface area (Å²) in [6.07, 6.45) is 2.45. The molecular weight excluding hydrogens is 332 g/mol. The van der Waals surface area contributed by atoms with Gasteiger partial charge in [0.2, 0.25) is 11.8 Å². The molecule has 1 N–H and O–H groups in total. The molecule has 0 unspecified atom stereocenters. The third kappa shape index (κ3) is 4.30. The van der Waals surface area contributed by atoms with Crippen molar-refractivity contribution >= 4 is 27.7 Å². The maximum absolute atomic E-state index is 12.3. The number of likely N-dealkylation sites (tertiary alicyclic amines) is 1. The number of nitrogens with one attached hydrogen (secondary N) is 1. The van der Waals surface area contributed by atoms with Crippen LogP contribution in [0.3, 0.4) is 0 Å². The summed E-state index contributed by atoms with van der Waals surface area (Å²) < 4.78 is 1.05. The average Bonchev–Trinajstić information content (AvgIpc) is 2.91. The molecule has 1 aromatic carbocycles. The first-order valence-electron chi connectivity index (χ1n) is 7.29. The SMILES string of the molecule is CC(=O)N1CCC[C@@H]1C(=O)N[C@@H](C)Cc1ccc(Br)cc1. The van der Waals surface area contributed by atoms with Gasteiger partial charge in [0, 0.05) is 24.0 Å². The van der Waals surface area contributed by atoms with Crippen molar-refractivity contribution < 1.29 is 9.59 Å². The highest BCUT2D eigenvalue weighted by molar-refractivity contribution is 9.10. The van der Waals surface area contributed by atoms with Gasteiger partial charge in [-0.25, -0.2) is 0 Å². The predicted octanol–water partition coefficient (Wildman–Crippen LogP) is 2.51. The summed E-state index contributed by atoms with van der Waals surface area (Å²) in [5, 5.41) is 3.03. The van der Waals surface area contributed by atoms with Crippen LogP contribution in [-0.4, -0.2) is 35.3 Å². The molecule has 21 heavy (non-hydrogen) atoms. The van der Waals surface area contributed by atoms with Gasteiger partial charge in [-0.2, -0.15) is 0 Å². The Labute approximate surface area is 134 Å². The van der Waals surface area contributed by atoms with Gasteiger partial charge in [-0.15, -0.1) is 0 Å². The lowest BCUT2D eigenvalue weighted by Crippen LogP contribution is -2.48. The molecule has 5 heteroatoms. The van der Waals surface area contributed by atoms with Gasteiger partial charge in [0.05, 0.1) is 0 Å². The minimum atomic E-state index is -0.296. The Bertz CT molecular complexity index is 516. The quantitative estimate of drug-likeness (QED) is 0.904. The molecule has 1 fully saturated rings. The fourth-order valence-corrected chi connectivity index (χ4v) is 3.04. The van der Waals surface area contributed by atoms with E-state index < -0.39 is 0 Å². The molecule has 2 atom stereocenters. The van der Waals surface area contributed by atoms with Gasteiger partial charge in [-0.05, 0) is 43.9 Å². The summed E-state index contributed by atoms with van der Waals surface area (Å²) in [7, 11) is 0. The van der Waals surface area contributed by atoms with E-state index in [2.05, 4.69) is 21.2 Å². The number of hydrogen-bond donors (Lipinski definition) is 1. The fraction of sp³-hybridized carbons (Fsp3) is 0.500. The number of halogens is 1. The monoisotopic (exact) mass is 352 g/mol. The molecule has 4 nitrogen and oxygen atoms in total. The lowest BCUT2D eigenvalue weighted by Gasteiger charge is -2.24. The molecule has 0 spiro atoms. The summed E-state index contributed by atoms with van der Waals surface area (Å²) in [5.41, 5.74) is 1.18. The third-order valence-electron chi connectivity index (χ3n) is 3.80. The highest BCUT2D eigenvalue weighted by atomic mass is 79.9. The van der Waals surface area contributed by atoms with Crippen LogP contribution >= 0.6 is 15.9 Å². The second-order valence-corrected chi connectivity index (χ2v) is 6.53. The number of carbonyl (C=O) groups excluding carboxylic acids is 2. The largest absolute Gasteiger partial charge is 0.352 e. The second kappa shape index (κ2) is 7.07. The van der Waals surface area contributed by atoms with E-state index in [1.165, 1.54) is 12.5 Å². The summed E-state index contributed by atoms with van der Waals surface area (Å²) in [4.78, 5) is 25.5. The van der Waals surface area contributed by atoms with Crippen LogP contribution in [0.25, 0.3) is 0 Å². The lowest BCUT2D eigenvalue weighted by molar-refractivity contribution is -0.137. The molecule has 0 bridgehead atoms.